The van der Waals surface area contributed by atoms with Gasteiger partial charge in [-0.15, -0.1) is 0 Å². The van der Waals surface area contributed by atoms with Crippen molar-refractivity contribution in [2.45, 2.75) is 17.4 Å². The summed E-state index contributed by atoms with van der Waals surface area (Å²) in [5.74, 6) is 1.14. The zero-order valence-corrected chi connectivity index (χ0v) is 19.2. The average molecular weight is 469 g/mol. The molecule has 1 unspecified atom stereocenters. The Hall–Kier alpha value is -3.05. The number of rotatable bonds is 5. The molecule has 0 spiro atoms. The van der Waals surface area contributed by atoms with Gasteiger partial charge in [0.05, 0.1) is 35.7 Å². The third-order valence-corrected chi connectivity index (χ3v) is 7.79. The van der Waals surface area contributed by atoms with E-state index in [9.17, 15) is 8.42 Å². The van der Waals surface area contributed by atoms with Gasteiger partial charge in [-0.1, -0.05) is 41.9 Å². The molecule has 4 rings (SSSR count). The predicted molar refractivity (Wildman–Crippen MR) is 122 cm³/mol. The fraction of sp³-hybridized carbons (Fsp3) is 0.208. The monoisotopic (exact) mass is 468 g/mol. The molecule has 0 fully saturated rings. The minimum atomic E-state index is -3.92. The van der Waals surface area contributed by atoms with E-state index in [1.807, 2.05) is 48.5 Å². The maximum absolute atomic E-state index is 13.7. The zero-order chi connectivity index (χ0) is 22.9. The van der Waals surface area contributed by atoms with Crippen LogP contribution in [0.4, 0.5) is 0 Å². The molecular weight excluding hydrogens is 448 g/mol. The molecule has 32 heavy (non-hydrogen) atoms. The summed E-state index contributed by atoms with van der Waals surface area (Å²) in [5.41, 5.74) is 2.90. The van der Waals surface area contributed by atoms with Crippen LogP contribution >= 0.6 is 11.6 Å². The first-order valence-corrected chi connectivity index (χ1v) is 11.7. The average Bonchev–Trinajstić information content (AvgIpc) is 2.82. The molecule has 164 valence electrons. The summed E-state index contributed by atoms with van der Waals surface area (Å²) in [7, 11) is -0.787. The van der Waals surface area contributed by atoms with E-state index in [4.69, 9.17) is 26.3 Å². The van der Waals surface area contributed by atoms with E-state index in [0.717, 1.165) is 16.7 Å². The van der Waals surface area contributed by atoms with E-state index in [-0.39, 0.29) is 22.0 Å². The number of methoxy groups -OCH3 is 2. The Morgan fingerprint density at radius 3 is 2.34 bits per heavy atom. The van der Waals surface area contributed by atoms with Crippen LogP contribution in [0, 0.1) is 11.3 Å². The van der Waals surface area contributed by atoms with Gasteiger partial charge in [0.1, 0.15) is 6.07 Å². The molecule has 0 amide bonds. The molecule has 0 aliphatic carbocycles. The highest BCUT2D eigenvalue weighted by Crippen LogP contribution is 2.43. The Kier molecular flexibility index (Phi) is 6.11. The number of halogens is 1. The molecule has 1 atom stereocenters. The molecule has 1 aliphatic rings. The van der Waals surface area contributed by atoms with Crippen molar-refractivity contribution in [1.29, 1.82) is 5.26 Å². The van der Waals surface area contributed by atoms with Crippen molar-refractivity contribution in [3.63, 3.8) is 0 Å². The SMILES string of the molecule is COc1cc2c(cc1OC)C(c1ccccc1)N(S(=O)(=O)c1ccc(C#N)c(Cl)c1)CC2. The van der Waals surface area contributed by atoms with Gasteiger partial charge in [-0.05, 0) is 53.4 Å². The van der Waals surface area contributed by atoms with Gasteiger partial charge in [-0.2, -0.15) is 9.57 Å². The van der Waals surface area contributed by atoms with Crippen LogP contribution < -0.4 is 9.47 Å². The molecule has 0 saturated heterocycles. The number of ether oxygens (including phenoxy) is 2. The number of nitrogens with zero attached hydrogens (tertiary/aromatic N) is 2. The molecule has 0 saturated carbocycles. The van der Waals surface area contributed by atoms with Crippen molar-refractivity contribution < 1.29 is 17.9 Å². The van der Waals surface area contributed by atoms with E-state index in [2.05, 4.69) is 0 Å². The van der Waals surface area contributed by atoms with Gasteiger partial charge in [-0.25, -0.2) is 8.42 Å². The van der Waals surface area contributed by atoms with Gasteiger partial charge in [-0.3, -0.25) is 0 Å². The molecule has 3 aromatic carbocycles. The lowest BCUT2D eigenvalue weighted by Crippen LogP contribution is -2.40. The number of nitriles is 1. The highest BCUT2D eigenvalue weighted by atomic mass is 35.5. The summed E-state index contributed by atoms with van der Waals surface area (Å²) >= 11 is 6.15. The Bertz CT molecular complexity index is 1300. The second-order valence-electron chi connectivity index (χ2n) is 7.34. The number of fused-ring (bicyclic) bond motifs is 1. The zero-order valence-electron chi connectivity index (χ0n) is 17.6. The molecule has 0 bridgehead atoms. The van der Waals surface area contributed by atoms with Gasteiger partial charge >= 0.3 is 0 Å². The molecule has 0 aromatic heterocycles. The van der Waals surface area contributed by atoms with Gasteiger partial charge in [0.15, 0.2) is 11.5 Å². The summed E-state index contributed by atoms with van der Waals surface area (Å²) in [5, 5.41) is 9.24. The van der Waals surface area contributed by atoms with Crippen LogP contribution in [0.25, 0.3) is 0 Å². The molecule has 1 heterocycles. The van der Waals surface area contributed by atoms with Crippen LogP contribution in [-0.4, -0.2) is 33.5 Å². The van der Waals surface area contributed by atoms with Crippen molar-refractivity contribution in [2.24, 2.45) is 0 Å². The van der Waals surface area contributed by atoms with Gasteiger partial charge in [0.25, 0.3) is 0 Å². The maximum atomic E-state index is 13.7. The smallest absolute Gasteiger partial charge is 0.244 e. The largest absolute Gasteiger partial charge is 0.493 e. The van der Waals surface area contributed by atoms with E-state index >= 15 is 0 Å². The topological polar surface area (TPSA) is 79.6 Å². The minimum absolute atomic E-state index is 0.0476. The molecular formula is C24H21ClN2O4S. The maximum Gasteiger partial charge on any atom is 0.244 e. The van der Waals surface area contributed by atoms with E-state index in [1.54, 1.807) is 14.2 Å². The first-order chi connectivity index (χ1) is 15.4. The van der Waals surface area contributed by atoms with E-state index < -0.39 is 16.1 Å². The molecule has 6 nitrogen and oxygen atoms in total. The highest BCUT2D eigenvalue weighted by Gasteiger charge is 2.38. The predicted octanol–water partition coefficient (Wildman–Crippen LogP) is 4.57. The first-order valence-electron chi connectivity index (χ1n) is 9.92. The number of hydrogen-bond donors (Lipinski definition) is 0. The fourth-order valence-electron chi connectivity index (χ4n) is 4.05. The third-order valence-electron chi connectivity index (χ3n) is 5.61. The number of benzene rings is 3. The Labute approximate surface area is 192 Å². The Morgan fingerprint density at radius 1 is 1.03 bits per heavy atom. The van der Waals surface area contributed by atoms with E-state index in [1.165, 1.54) is 22.5 Å². The van der Waals surface area contributed by atoms with Crippen molar-refractivity contribution in [2.75, 3.05) is 20.8 Å². The van der Waals surface area contributed by atoms with Crippen molar-refractivity contribution >= 4 is 21.6 Å². The normalized spacial score (nSPS) is 16.1. The lowest BCUT2D eigenvalue weighted by atomic mass is 9.89. The summed E-state index contributed by atoms with van der Waals surface area (Å²) in [6.45, 7) is 0.280. The Morgan fingerprint density at radius 2 is 1.72 bits per heavy atom. The first kappa shape index (κ1) is 22.2. The van der Waals surface area contributed by atoms with Crippen LogP contribution in [0.3, 0.4) is 0 Å². The van der Waals surface area contributed by atoms with Crippen molar-refractivity contribution in [3.8, 4) is 17.6 Å². The van der Waals surface area contributed by atoms with Crippen LogP contribution in [-0.2, 0) is 16.4 Å². The summed E-state index contributed by atoms with van der Waals surface area (Å²) < 4.78 is 39.9. The lowest BCUT2D eigenvalue weighted by molar-refractivity contribution is 0.332. The summed E-state index contributed by atoms with van der Waals surface area (Å²) in [6, 6.07) is 18.8. The van der Waals surface area contributed by atoms with Gasteiger partial charge < -0.3 is 9.47 Å². The molecule has 8 heteroatoms. The molecule has 0 N–H and O–H groups in total. The molecule has 1 aliphatic heterocycles. The fourth-order valence-corrected chi connectivity index (χ4v) is 5.95. The summed E-state index contributed by atoms with van der Waals surface area (Å²) in [4.78, 5) is 0.0476. The van der Waals surface area contributed by atoms with Crippen LogP contribution in [0.2, 0.25) is 5.02 Å². The van der Waals surface area contributed by atoms with Crippen LogP contribution in [0.1, 0.15) is 28.3 Å². The molecule has 3 aromatic rings. The third kappa shape index (κ3) is 3.82. The Balaban J connectivity index is 1.89. The van der Waals surface area contributed by atoms with Crippen LogP contribution in [0.15, 0.2) is 65.6 Å². The van der Waals surface area contributed by atoms with Crippen LogP contribution in [0.5, 0.6) is 11.5 Å². The van der Waals surface area contributed by atoms with Crippen molar-refractivity contribution in [3.05, 3.63) is 87.9 Å². The summed E-state index contributed by atoms with van der Waals surface area (Å²) in [6.07, 6.45) is 0.516. The van der Waals surface area contributed by atoms with E-state index in [0.29, 0.717) is 17.9 Å². The standard InChI is InChI=1S/C24H21ClN2O4S/c1-30-22-12-17-10-11-27(32(28,29)19-9-8-18(15-26)21(25)13-19)24(16-6-4-3-5-7-16)20(17)14-23(22)31-2/h3-9,12-14,24H,10-11H2,1-2H3. The van der Waals surface area contributed by atoms with Gasteiger partial charge in [0, 0.05) is 6.54 Å². The van der Waals surface area contributed by atoms with Crippen molar-refractivity contribution in [1.82, 2.24) is 4.31 Å². The highest BCUT2D eigenvalue weighted by molar-refractivity contribution is 7.89. The minimum Gasteiger partial charge on any atom is -0.493 e. The second-order valence-corrected chi connectivity index (χ2v) is 9.64. The van der Waals surface area contributed by atoms with Gasteiger partial charge in [0.2, 0.25) is 10.0 Å². The quantitative estimate of drug-likeness (QED) is 0.548. The lowest BCUT2D eigenvalue weighted by Gasteiger charge is -2.37. The number of hydrogen-bond acceptors (Lipinski definition) is 5. The number of sulfonamides is 1. The second kappa shape index (κ2) is 8.83. The molecule has 0 radical (unpaired) electrons.